The molecule has 1 heterocycles. The predicted molar refractivity (Wildman–Crippen MR) is 35.0 cm³/mol. The first-order valence-corrected chi connectivity index (χ1v) is 3.78. The van der Waals surface area contributed by atoms with Crippen LogP contribution in [-0.4, -0.2) is 16.1 Å². The molecule has 0 unspecified atom stereocenters. The van der Waals surface area contributed by atoms with E-state index in [1.165, 1.54) is 0 Å². The summed E-state index contributed by atoms with van der Waals surface area (Å²) in [4.78, 5) is 14.0. The number of hydrogen-bond acceptors (Lipinski definition) is 5. The molecule has 0 saturated heterocycles. The average molecular weight is 174 g/mol. The maximum Gasteiger partial charge on any atom is 1.00 e. The molecule has 13 heavy (non-hydrogen) atoms. The summed E-state index contributed by atoms with van der Waals surface area (Å²) < 4.78 is 4.69. The Labute approximate surface area is 86.7 Å². The summed E-state index contributed by atoms with van der Waals surface area (Å²) >= 11 is 0. The van der Waals surface area contributed by atoms with Crippen LogP contribution in [0.25, 0.3) is 0 Å². The number of hydrogen-bond donors (Lipinski definition) is 0. The second kappa shape index (κ2) is 3.94. The maximum absolute atomic E-state index is 10.1. The van der Waals surface area contributed by atoms with Crippen LogP contribution >= 0.6 is 0 Å². The molecule has 1 aliphatic rings. The van der Waals surface area contributed by atoms with Crippen LogP contribution in [0.3, 0.4) is 0 Å². The standard InChI is InChI=1S/C7H8N2O3.Li/c10-6(11)3-5-8-7(9-12-5)4-1-2-4;/h4H,1-3H2,(H,10,11);/q;+1/p-1. The molecule has 1 saturated carbocycles. The first kappa shape index (κ1) is 10.3. The number of aliphatic carboxylic acids is 1. The van der Waals surface area contributed by atoms with E-state index < -0.39 is 5.97 Å². The Bertz CT molecular complexity index is 308. The summed E-state index contributed by atoms with van der Waals surface area (Å²) in [6.07, 6.45) is 1.86. The van der Waals surface area contributed by atoms with Gasteiger partial charge in [0.2, 0.25) is 5.89 Å². The molecule has 0 atom stereocenters. The quantitative estimate of drug-likeness (QED) is 0.440. The van der Waals surface area contributed by atoms with E-state index in [4.69, 9.17) is 4.52 Å². The van der Waals surface area contributed by atoms with Crippen LogP contribution in [-0.2, 0) is 11.2 Å². The molecule has 0 aliphatic heterocycles. The summed E-state index contributed by atoms with van der Waals surface area (Å²) in [5.41, 5.74) is 0. The van der Waals surface area contributed by atoms with Crippen molar-refractivity contribution in [1.29, 1.82) is 0 Å². The monoisotopic (exact) mass is 174 g/mol. The zero-order chi connectivity index (χ0) is 8.55. The largest absolute Gasteiger partial charge is 1.00 e. The van der Waals surface area contributed by atoms with Crippen LogP contribution in [0, 0.1) is 0 Å². The number of nitrogens with zero attached hydrogens (tertiary/aromatic N) is 2. The number of carboxylic acids is 1. The van der Waals surface area contributed by atoms with Crippen LogP contribution < -0.4 is 24.0 Å². The topological polar surface area (TPSA) is 79.0 Å². The molecule has 0 N–H and O–H groups in total. The van der Waals surface area contributed by atoms with Gasteiger partial charge < -0.3 is 14.4 Å². The molecule has 0 aromatic carbocycles. The SMILES string of the molecule is O=C([O-])Cc1nc(C2CC2)no1.[Li+]. The van der Waals surface area contributed by atoms with Crippen LogP contribution in [0.15, 0.2) is 4.52 Å². The summed E-state index contributed by atoms with van der Waals surface area (Å²) in [6.45, 7) is 0. The predicted octanol–water partition coefficient (Wildman–Crippen LogP) is -3.76. The second-order valence-corrected chi connectivity index (χ2v) is 2.87. The van der Waals surface area contributed by atoms with Crippen molar-refractivity contribution in [2.75, 3.05) is 0 Å². The summed E-state index contributed by atoms with van der Waals surface area (Å²) in [5.74, 6) is -0.0339. The van der Waals surface area contributed by atoms with Gasteiger partial charge in [0.05, 0.1) is 12.4 Å². The van der Waals surface area contributed by atoms with Gasteiger partial charge in [-0.15, -0.1) is 0 Å². The van der Waals surface area contributed by atoms with Gasteiger partial charge in [-0.2, -0.15) is 4.98 Å². The van der Waals surface area contributed by atoms with E-state index in [1.807, 2.05) is 0 Å². The van der Waals surface area contributed by atoms with Crippen molar-refractivity contribution in [3.8, 4) is 0 Å². The van der Waals surface area contributed by atoms with E-state index in [0.29, 0.717) is 11.7 Å². The minimum atomic E-state index is -1.19. The van der Waals surface area contributed by atoms with Gasteiger partial charge in [0.15, 0.2) is 5.82 Å². The van der Waals surface area contributed by atoms with Crippen molar-refractivity contribution in [3.63, 3.8) is 0 Å². The van der Waals surface area contributed by atoms with Crippen molar-refractivity contribution >= 4 is 5.97 Å². The molecule has 0 amide bonds. The molecule has 0 radical (unpaired) electrons. The fourth-order valence-electron chi connectivity index (χ4n) is 0.971. The number of carbonyl (C=O) groups excluding carboxylic acids is 1. The summed E-state index contributed by atoms with van der Waals surface area (Å²) in [7, 11) is 0. The van der Waals surface area contributed by atoms with Crippen LogP contribution in [0.1, 0.15) is 30.5 Å². The van der Waals surface area contributed by atoms with Crippen molar-refractivity contribution in [2.24, 2.45) is 0 Å². The minimum Gasteiger partial charge on any atom is -0.550 e. The van der Waals surface area contributed by atoms with Crippen molar-refractivity contribution in [2.45, 2.75) is 25.2 Å². The van der Waals surface area contributed by atoms with Gasteiger partial charge in [0.25, 0.3) is 0 Å². The van der Waals surface area contributed by atoms with E-state index in [-0.39, 0.29) is 31.2 Å². The molecule has 1 fully saturated rings. The maximum atomic E-state index is 10.1. The van der Waals surface area contributed by atoms with Gasteiger partial charge in [-0.3, -0.25) is 0 Å². The van der Waals surface area contributed by atoms with Gasteiger partial charge in [-0.05, 0) is 12.8 Å². The minimum absolute atomic E-state index is 0. The normalized spacial score (nSPS) is 15.1. The van der Waals surface area contributed by atoms with E-state index in [2.05, 4.69) is 10.1 Å². The Morgan fingerprint density at radius 1 is 1.62 bits per heavy atom. The van der Waals surface area contributed by atoms with E-state index in [0.717, 1.165) is 12.8 Å². The Morgan fingerprint density at radius 3 is 2.85 bits per heavy atom. The average Bonchev–Trinajstić information content (AvgIpc) is 2.73. The molecule has 2 rings (SSSR count). The number of aromatic nitrogens is 2. The first-order valence-electron chi connectivity index (χ1n) is 3.78. The zero-order valence-electron chi connectivity index (χ0n) is 7.32. The van der Waals surface area contributed by atoms with E-state index in [1.54, 1.807) is 0 Å². The van der Waals surface area contributed by atoms with Gasteiger partial charge in [-0.25, -0.2) is 0 Å². The van der Waals surface area contributed by atoms with Crippen LogP contribution in [0.2, 0.25) is 0 Å². The third-order valence-corrected chi connectivity index (χ3v) is 1.72. The molecule has 5 nitrogen and oxygen atoms in total. The second-order valence-electron chi connectivity index (χ2n) is 2.87. The molecule has 0 bridgehead atoms. The molecule has 1 aromatic heterocycles. The molecule has 1 aliphatic carbocycles. The van der Waals surface area contributed by atoms with Crippen molar-refractivity contribution < 1.29 is 33.3 Å². The third-order valence-electron chi connectivity index (χ3n) is 1.72. The summed E-state index contributed by atoms with van der Waals surface area (Å²) in [5, 5.41) is 13.8. The molecular weight excluding hydrogens is 167 g/mol. The fourth-order valence-corrected chi connectivity index (χ4v) is 0.971. The Balaban J connectivity index is 0.000000845. The molecule has 0 spiro atoms. The van der Waals surface area contributed by atoms with Gasteiger partial charge in [0.1, 0.15) is 0 Å². The Kier molecular flexibility index (Phi) is 3.12. The fraction of sp³-hybridized carbons (Fsp3) is 0.571. The van der Waals surface area contributed by atoms with Crippen molar-refractivity contribution in [1.82, 2.24) is 10.1 Å². The number of carbonyl (C=O) groups is 1. The molecule has 1 aromatic rings. The zero-order valence-corrected chi connectivity index (χ0v) is 7.32. The van der Waals surface area contributed by atoms with Gasteiger partial charge in [0, 0.05) is 5.92 Å². The van der Waals surface area contributed by atoms with Crippen LogP contribution in [0.5, 0.6) is 0 Å². The number of rotatable bonds is 3. The van der Waals surface area contributed by atoms with Gasteiger partial charge >= 0.3 is 18.9 Å². The summed E-state index contributed by atoms with van der Waals surface area (Å²) in [6, 6.07) is 0. The molecular formula is C7H7LiN2O3. The van der Waals surface area contributed by atoms with E-state index >= 15 is 0 Å². The van der Waals surface area contributed by atoms with E-state index in [9.17, 15) is 9.90 Å². The first-order chi connectivity index (χ1) is 5.75. The number of carboxylic acid groups (broad SMARTS) is 1. The van der Waals surface area contributed by atoms with Gasteiger partial charge in [-0.1, -0.05) is 5.16 Å². The van der Waals surface area contributed by atoms with Crippen molar-refractivity contribution in [3.05, 3.63) is 11.7 Å². The smallest absolute Gasteiger partial charge is 0.550 e. The Morgan fingerprint density at radius 2 is 2.31 bits per heavy atom. The molecule has 64 valence electrons. The van der Waals surface area contributed by atoms with Crippen LogP contribution in [0.4, 0.5) is 0 Å². The third kappa shape index (κ3) is 2.58. The Hall–Kier alpha value is -0.793. The molecule has 6 heteroatoms.